The van der Waals surface area contributed by atoms with E-state index in [0.717, 1.165) is 19.3 Å². The number of nitrogens with two attached hydrogens (primary N) is 1. The molecule has 7 N–H and O–H groups in total. The van der Waals surface area contributed by atoms with Gasteiger partial charge < -0.3 is 41.0 Å². The molecule has 6 atom stereocenters. The minimum Gasteiger partial charge on any atom is -0.462 e. The van der Waals surface area contributed by atoms with E-state index in [9.17, 15) is 29.6 Å². The van der Waals surface area contributed by atoms with Crippen molar-refractivity contribution in [2.75, 3.05) is 19.7 Å². The fourth-order valence-corrected chi connectivity index (χ4v) is 3.15. The molecule has 1 aromatic rings. The van der Waals surface area contributed by atoms with Crippen molar-refractivity contribution in [2.24, 2.45) is 5.73 Å². The van der Waals surface area contributed by atoms with Gasteiger partial charge in [0.2, 0.25) is 12.5 Å². The van der Waals surface area contributed by atoms with Gasteiger partial charge >= 0.3 is 0 Å². The van der Waals surface area contributed by atoms with Crippen molar-refractivity contribution in [3.8, 4) is 5.75 Å². The molecule has 1 fully saturated rings. The number of nitrogens with one attached hydrogen (secondary N) is 1. The zero-order valence-electron chi connectivity index (χ0n) is 16.7. The number of aliphatic hydroxyl groups excluding tert-OH is 4. The number of carbonyl (C=O) groups excluding carboxylic acids is 1. The van der Waals surface area contributed by atoms with Gasteiger partial charge in [0.25, 0.3) is 5.91 Å². The number of benzene rings is 1. The maximum absolute atomic E-state index is 14.8. The van der Waals surface area contributed by atoms with Crippen LogP contribution in [0.3, 0.4) is 0 Å². The monoisotopic (exact) mass is 430 g/mol. The third kappa shape index (κ3) is 6.34. The smallest absolute Gasteiger partial charge is 0.259 e. The fraction of sp³-hybridized carbons (Fsp3) is 0.650. The van der Waals surface area contributed by atoms with Crippen molar-refractivity contribution in [2.45, 2.75) is 62.6 Å². The first-order valence-corrected chi connectivity index (χ1v) is 10.1. The number of unbranched alkanes of at least 4 members (excludes halogenated alkanes) is 3. The van der Waals surface area contributed by atoms with Crippen LogP contribution in [0, 0.1) is 0 Å². The van der Waals surface area contributed by atoms with Gasteiger partial charge in [0.15, 0.2) is 0 Å². The Kier molecular flexibility index (Phi) is 9.89. The fourth-order valence-electron chi connectivity index (χ4n) is 3.15. The Balaban J connectivity index is 2.00. The summed E-state index contributed by atoms with van der Waals surface area (Å²) in [6.45, 7) is 0.329. The Bertz CT molecular complexity index is 664. The highest BCUT2D eigenvalue weighted by atomic mass is 19.1. The molecule has 30 heavy (non-hydrogen) atoms. The number of halogens is 1. The second kappa shape index (κ2) is 12.1. The molecule has 1 amide bonds. The molecule has 170 valence electrons. The van der Waals surface area contributed by atoms with Crippen LogP contribution in [-0.2, 0) is 9.53 Å². The number of hydrogen-bond donors (Lipinski definition) is 6. The van der Waals surface area contributed by atoms with Gasteiger partial charge in [-0.3, -0.25) is 4.79 Å². The van der Waals surface area contributed by atoms with Gasteiger partial charge in [-0.25, -0.2) is 4.39 Å². The van der Waals surface area contributed by atoms with Crippen molar-refractivity contribution >= 4 is 5.91 Å². The van der Waals surface area contributed by atoms with E-state index in [0.29, 0.717) is 19.5 Å². The Hall–Kier alpha value is -1.82. The molecule has 0 bridgehead atoms. The lowest BCUT2D eigenvalue weighted by Crippen LogP contribution is -2.60. The van der Waals surface area contributed by atoms with Crippen molar-refractivity contribution < 1.29 is 39.1 Å². The molecule has 2 rings (SSSR count). The van der Waals surface area contributed by atoms with Crippen LogP contribution >= 0.6 is 0 Å². The maximum Gasteiger partial charge on any atom is 0.259 e. The van der Waals surface area contributed by atoms with Crippen LogP contribution in [0.15, 0.2) is 24.3 Å². The van der Waals surface area contributed by atoms with Gasteiger partial charge in [0.1, 0.15) is 30.2 Å². The molecule has 1 heterocycles. The summed E-state index contributed by atoms with van der Waals surface area (Å²) in [6, 6.07) is 5.83. The first-order valence-electron chi connectivity index (χ1n) is 10.1. The molecule has 0 spiro atoms. The zero-order chi connectivity index (χ0) is 22.1. The van der Waals surface area contributed by atoms with E-state index < -0.39 is 49.4 Å². The Labute approximate surface area is 174 Å². The van der Waals surface area contributed by atoms with Gasteiger partial charge in [-0.15, -0.1) is 0 Å². The Morgan fingerprint density at radius 2 is 1.83 bits per heavy atom. The lowest BCUT2D eigenvalue weighted by Gasteiger charge is -2.39. The number of aliphatic hydroxyl groups is 4. The number of amides is 1. The molecule has 0 aliphatic carbocycles. The maximum atomic E-state index is 14.8. The molecule has 0 aromatic heterocycles. The van der Waals surface area contributed by atoms with Crippen molar-refractivity contribution in [1.82, 2.24) is 5.32 Å². The zero-order valence-corrected chi connectivity index (χ0v) is 16.7. The average Bonchev–Trinajstić information content (AvgIpc) is 2.76. The molecule has 1 aromatic carbocycles. The first-order chi connectivity index (χ1) is 14.4. The van der Waals surface area contributed by atoms with Crippen molar-refractivity contribution in [1.29, 1.82) is 0 Å². The first kappa shape index (κ1) is 24.4. The molecule has 0 saturated carbocycles. The largest absolute Gasteiger partial charge is 0.462 e. The number of ether oxygens (including phenoxy) is 2. The highest BCUT2D eigenvalue weighted by Gasteiger charge is 2.45. The number of carbonyl (C=O) groups is 1. The van der Waals surface area contributed by atoms with Crippen LogP contribution in [0.2, 0.25) is 0 Å². The van der Waals surface area contributed by atoms with Gasteiger partial charge in [-0.1, -0.05) is 31.0 Å². The third-order valence-corrected chi connectivity index (χ3v) is 4.94. The normalized spacial score (nSPS) is 27.5. The minimum absolute atomic E-state index is 0.0626. The van der Waals surface area contributed by atoms with Crippen LogP contribution in [0.4, 0.5) is 4.39 Å². The van der Waals surface area contributed by atoms with Crippen LogP contribution in [0.25, 0.3) is 0 Å². The summed E-state index contributed by atoms with van der Waals surface area (Å²) in [5.41, 5.74) is 5.35. The molecular weight excluding hydrogens is 399 g/mol. The van der Waals surface area contributed by atoms with Gasteiger partial charge in [0, 0.05) is 12.1 Å². The number of para-hydroxylation sites is 1. The van der Waals surface area contributed by atoms with E-state index in [1.807, 2.05) is 0 Å². The van der Waals surface area contributed by atoms with E-state index in [4.69, 9.17) is 15.2 Å². The SMILES string of the molecule is NCCCCCCNC(=O)C(F)c1ccccc1O[C@@H]1O[C@H](CO)[C@@H](O)[C@H](O)[C@H]1O. The van der Waals surface area contributed by atoms with E-state index in [1.165, 1.54) is 18.2 Å². The number of hydrogen-bond acceptors (Lipinski definition) is 8. The predicted molar refractivity (Wildman–Crippen MR) is 105 cm³/mol. The number of rotatable bonds is 11. The van der Waals surface area contributed by atoms with Crippen LogP contribution in [0.1, 0.15) is 37.4 Å². The van der Waals surface area contributed by atoms with E-state index >= 15 is 0 Å². The highest BCUT2D eigenvalue weighted by molar-refractivity contribution is 5.82. The van der Waals surface area contributed by atoms with Gasteiger partial charge in [-0.05, 0) is 25.5 Å². The summed E-state index contributed by atoms with van der Waals surface area (Å²) in [4.78, 5) is 12.2. The van der Waals surface area contributed by atoms with Crippen molar-refractivity contribution in [3.05, 3.63) is 29.8 Å². The lowest BCUT2D eigenvalue weighted by atomic mass is 9.99. The standard InChI is InChI=1S/C20H31FN2O7/c21-15(19(28)23-10-6-2-1-5-9-22)12-7-3-4-8-13(12)29-20-18(27)17(26)16(25)14(11-24)30-20/h3-4,7-8,14-18,20,24-27H,1-2,5-6,9-11,22H2,(H,23,28)/t14-,15?,16-,17+,18-,20-/m1/s1. The molecule has 9 nitrogen and oxygen atoms in total. The summed E-state index contributed by atoms with van der Waals surface area (Å²) in [5.74, 6) is -0.883. The second-order valence-corrected chi connectivity index (χ2v) is 7.21. The Morgan fingerprint density at radius 3 is 2.53 bits per heavy atom. The van der Waals surface area contributed by atoms with Crippen molar-refractivity contribution in [3.63, 3.8) is 0 Å². The lowest BCUT2D eigenvalue weighted by molar-refractivity contribution is -0.277. The summed E-state index contributed by atoms with van der Waals surface area (Å²) in [7, 11) is 0. The van der Waals surface area contributed by atoms with Gasteiger partial charge in [-0.2, -0.15) is 0 Å². The van der Waals surface area contributed by atoms with E-state index in [-0.39, 0.29) is 11.3 Å². The van der Waals surface area contributed by atoms with E-state index in [2.05, 4.69) is 5.32 Å². The van der Waals surface area contributed by atoms with Crippen LogP contribution in [0.5, 0.6) is 5.75 Å². The van der Waals surface area contributed by atoms with Crippen LogP contribution in [-0.4, -0.2) is 76.7 Å². The molecule has 1 saturated heterocycles. The molecule has 1 aliphatic heterocycles. The second-order valence-electron chi connectivity index (χ2n) is 7.21. The molecule has 10 heteroatoms. The average molecular weight is 430 g/mol. The van der Waals surface area contributed by atoms with Gasteiger partial charge in [0.05, 0.1) is 6.61 Å². The van der Waals surface area contributed by atoms with Crippen LogP contribution < -0.4 is 15.8 Å². The summed E-state index contributed by atoms with van der Waals surface area (Å²) in [5, 5.41) is 41.6. The predicted octanol–water partition coefficient (Wildman–Crippen LogP) is -0.489. The Morgan fingerprint density at radius 1 is 1.13 bits per heavy atom. The molecular formula is C20H31FN2O7. The highest BCUT2D eigenvalue weighted by Crippen LogP contribution is 2.31. The summed E-state index contributed by atoms with van der Waals surface area (Å²) in [6.07, 6.45) is -6.02. The quantitative estimate of drug-likeness (QED) is 0.257. The topological polar surface area (TPSA) is 154 Å². The molecule has 0 radical (unpaired) electrons. The minimum atomic E-state index is -2.02. The number of alkyl halides is 1. The molecule has 1 aliphatic rings. The summed E-state index contributed by atoms with van der Waals surface area (Å²) < 4.78 is 25.6. The third-order valence-electron chi connectivity index (χ3n) is 4.94. The molecule has 1 unspecified atom stereocenters. The summed E-state index contributed by atoms with van der Waals surface area (Å²) >= 11 is 0. The van der Waals surface area contributed by atoms with E-state index in [1.54, 1.807) is 6.07 Å².